The van der Waals surface area contributed by atoms with E-state index >= 15 is 0 Å². The summed E-state index contributed by atoms with van der Waals surface area (Å²) < 4.78 is 5.72. The third kappa shape index (κ3) is 3.84. The number of benzene rings is 2. The summed E-state index contributed by atoms with van der Waals surface area (Å²) in [4.78, 5) is 17.4. The van der Waals surface area contributed by atoms with Crippen LogP contribution in [0.3, 0.4) is 0 Å². The Morgan fingerprint density at radius 2 is 1.91 bits per heavy atom. The lowest BCUT2D eigenvalue weighted by Gasteiger charge is -2.36. The van der Waals surface area contributed by atoms with Crippen molar-refractivity contribution in [1.29, 1.82) is 5.41 Å². The maximum absolute atomic E-state index is 13.2. The monoisotopic (exact) mass is 459 g/mol. The van der Waals surface area contributed by atoms with Gasteiger partial charge >= 0.3 is 0 Å². The summed E-state index contributed by atoms with van der Waals surface area (Å²) in [6.45, 7) is 3.24. The molecule has 5 rings (SSSR count). The summed E-state index contributed by atoms with van der Waals surface area (Å²) in [7, 11) is 3.72. The minimum atomic E-state index is 0.00620. The number of hydrogen-bond donors (Lipinski definition) is 3. The van der Waals surface area contributed by atoms with Crippen molar-refractivity contribution in [1.82, 2.24) is 9.80 Å². The highest BCUT2D eigenvalue weighted by Gasteiger charge is 2.32. The van der Waals surface area contributed by atoms with Crippen molar-refractivity contribution in [2.24, 2.45) is 0 Å². The quantitative estimate of drug-likeness (QED) is 0.472. The molecule has 34 heavy (non-hydrogen) atoms. The fourth-order valence-electron chi connectivity index (χ4n) is 5.54. The van der Waals surface area contributed by atoms with Gasteiger partial charge in [0, 0.05) is 54.9 Å². The van der Waals surface area contributed by atoms with Gasteiger partial charge in [-0.15, -0.1) is 0 Å². The van der Waals surface area contributed by atoms with Crippen molar-refractivity contribution in [2.75, 3.05) is 51.4 Å². The summed E-state index contributed by atoms with van der Waals surface area (Å²) in [6, 6.07) is 9.89. The molecule has 0 bridgehead atoms. The molecule has 7 heteroatoms. The summed E-state index contributed by atoms with van der Waals surface area (Å²) in [5, 5.41) is 11.7. The van der Waals surface area contributed by atoms with Crippen LogP contribution in [-0.2, 0) is 0 Å². The summed E-state index contributed by atoms with van der Waals surface area (Å²) in [5.74, 6) is 0.645. The van der Waals surface area contributed by atoms with Gasteiger partial charge in [-0.3, -0.25) is 4.79 Å². The molecule has 2 aromatic carbocycles. The molecule has 1 atom stereocenters. The van der Waals surface area contributed by atoms with Crippen LogP contribution in [-0.4, -0.2) is 62.3 Å². The number of carbonyl (C=O) groups is 1. The van der Waals surface area contributed by atoms with Gasteiger partial charge in [0.1, 0.15) is 5.75 Å². The summed E-state index contributed by atoms with van der Waals surface area (Å²) in [6.07, 6.45) is 5.65. The summed E-state index contributed by atoms with van der Waals surface area (Å²) in [5.41, 5.74) is 14.1. The van der Waals surface area contributed by atoms with Crippen LogP contribution in [0, 0.1) is 5.41 Å². The Morgan fingerprint density at radius 1 is 1.15 bits per heavy atom. The van der Waals surface area contributed by atoms with Crippen LogP contribution in [0.1, 0.15) is 58.8 Å². The Labute approximate surface area is 201 Å². The number of anilines is 2. The molecule has 0 spiro atoms. The Morgan fingerprint density at radius 3 is 2.65 bits per heavy atom. The van der Waals surface area contributed by atoms with Crippen molar-refractivity contribution in [3.8, 4) is 5.75 Å². The van der Waals surface area contributed by atoms with Gasteiger partial charge in [0.15, 0.2) is 0 Å². The lowest BCUT2D eigenvalue weighted by molar-refractivity contribution is 0.0661. The molecule has 2 aliphatic heterocycles. The molecule has 1 saturated heterocycles. The van der Waals surface area contributed by atoms with Crippen LogP contribution >= 0.6 is 0 Å². The predicted octanol–water partition coefficient (Wildman–Crippen LogP) is 4.16. The first kappa shape index (κ1) is 22.5. The largest absolute Gasteiger partial charge is 0.496 e. The van der Waals surface area contributed by atoms with Crippen LogP contribution in [0.25, 0.3) is 5.57 Å². The average molecular weight is 460 g/mol. The highest BCUT2D eigenvalue weighted by Crippen LogP contribution is 2.49. The molecule has 0 aromatic heterocycles. The zero-order valence-corrected chi connectivity index (χ0v) is 20.0. The maximum atomic E-state index is 13.2. The van der Waals surface area contributed by atoms with Crippen molar-refractivity contribution in [2.45, 2.75) is 31.7 Å². The number of methoxy groups -OCH3 is 1. The zero-order chi connectivity index (χ0) is 23.8. The Balaban J connectivity index is 1.52. The molecule has 0 saturated carbocycles. The second kappa shape index (κ2) is 9.14. The molecule has 2 aromatic rings. The first-order chi connectivity index (χ1) is 16.5. The van der Waals surface area contributed by atoms with E-state index in [0.29, 0.717) is 17.0 Å². The molecular formula is C27H33N5O2. The fourth-order valence-corrected chi connectivity index (χ4v) is 5.54. The number of rotatable bonds is 4. The zero-order valence-electron chi connectivity index (χ0n) is 20.0. The van der Waals surface area contributed by atoms with E-state index in [1.807, 2.05) is 29.2 Å². The number of nitrogens with zero attached hydrogens (tertiary/aromatic N) is 2. The number of nitrogens with two attached hydrogens (primary N) is 1. The van der Waals surface area contributed by atoms with Gasteiger partial charge in [0.25, 0.3) is 5.91 Å². The first-order valence-corrected chi connectivity index (χ1v) is 12.1. The normalized spacial score (nSPS) is 20.3. The topological polar surface area (TPSA) is 94.7 Å². The smallest absolute Gasteiger partial charge is 0.257 e. The number of fused-ring (bicyclic) bond motifs is 2. The molecule has 0 radical (unpaired) electrons. The van der Waals surface area contributed by atoms with E-state index in [2.05, 4.69) is 23.3 Å². The second-order valence-electron chi connectivity index (χ2n) is 9.48. The minimum Gasteiger partial charge on any atom is -0.496 e. The number of ether oxygens (including phenoxy) is 1. The minimum absolute atomic E-state index is 0.00620. The van der Waals surface area contributed by atoms with Crippen LogP contribution in [0.5, 0.6) is 5.75 Å². The van der Waals surface area contributed by atoms with Gasteiger partial charge in [-0.05, 0) is 73.7 Å². The fraction of sp³-hybridized carbons (Fsp3) is 0.407. The average Bonchev–Trinajstić information content (AvgIpc) is 2.88. The predicted molar refractivity (Wildman–Crippen MR) is 137 cm³/mol. The highest BCUT2D eigenvalue weighted by molar-refractivity contribution is 6.00. The molecule has 1 aliphatic carbocycles. The SMILES string of the molecule is COc1cc(C2Nc3ccc(N)c(C=N)c3C3=C2CCCC3)ccc1C(=O)N1CCN(C)CC1. The van der Waals surface area contributed by atoms with Crippen LogP contribution in [0.4, 0.5) is 11.4 Å². The van der Waals surface area contributed by atoms with Gasteiger partial charge < -0.3 is 31.0 Å². The van der Waals surface area contributed by atoms with E-state index in [-0.39, 0.29) is 11.9 Å². The second-order valence-corrected chi connectivity index (χ2v) is 9.48. The van der Waals surface area contributed by atoms with Gasteiger partial charge in [0.05, 0.1) is 18.7 Å². The Hall–Kier alpha value is -3.32. The lowest BCUT2D eigenvalue weighted by atomic mass is 9.77. The van der Waals surface area contributed by atoms with Crippen molar-refractivity contribution < 1.29 is 9.53 Å². The van der Waals surface area contributed by atoms with E-state index < -0.39 is 0 Å². The van der Waals surface area contributed by atoms with Gasteiger partial charge in [0.2, 0.25) is 0 Å². The maximum Gasteiger partial charge on any atom is 0.257 e. The molecular weight excluding hydrogens is 426 g/mol. The number of amides is 1. The third-order valence-electron chi connectivity index (χ3n) is 7.46. The third-order valence-corrected chi connectivity index (χ3v) is 7.46. The molecule has 1 unspecified atom stereocenters. The molecule has 3 aliphatic rings. The molecule has 1 fully saturated rings. The van der Waals surface area contributed by atoms with Crippen molar-refractivity contribution >= 4 is 29.1 Å². The van der Waals surface area contributed by atoms with Crippen molar-refractivity contribution in [3.63, 3.8) is 0 Å². The number of hydrogen-bond acceptors (Lipinski definition) is 6. The number of carbonyl (C=O) groups excluding carboxylic acids is 1. The molecule has 7 nitrogen and oxygen atoms in total. The van der Waals surface area contributed by atoms with E-state index in [4.69, 9.17) is 15.9 Å². The molecule has 2 heterocycles. The number of nitrogen functional groups attached to an aromatic ring is 1. The van der Waals surface area contributed by atoms with Gasteiger partial charge in [-0.1, -0.05) is 6.07 Å². The molecule has 4 N–H and O–H groups in total. The highest BCUT2D eigenvalue weighted by atomic mass is 16.5. The van der Waals surface area contributed by atoms with E-state index in [0.717, 1.165) is 74.2 Å². The lowest BCUT2D eigenvalue weighted by Crippen LogP contribution is -2.47. The van der Waals surface area contributed by atoms with Crippen LogP contribution < -0.4 is 15.8 Å². The molecule has 178 valence electrons. The number of likely N-dealkylation sites (N-methyl/N-ethyl adjacent to an activating group) is 1. The van der Waals surface area contributed by atoms with Gasteiger partial charge in [-0.25, -0.2) is 0 Å². The van der Waals surface area contributed by atoms with E-state index in [1.165, 1.54) is 17.4 Å². The number of allylic oxidation sites excluding steroid dienone is 1. The van der Waals surface area contributed by atoms with E-state index in [9.17, 15) is 4.79 Å². The van der Waals surface area contributed by atoms with E-state index in [1.54, 1.807) is 7.11 Å². The Bertz CT molecular complexity index is 1160. The Kier molecular flexibility index (Phi) is 6.04. The van der Waals surface area contributed by atoms with Crippen molar-refractivity contribution in [3.05, 3.63) is 58.2 Å². The van der Waals surface area contributed by atoms with Crippen LogP contribution in [0.2, 0.25) is 0 Å². The summed E-state index contributed by atoms with van der Waals surface area (Å²) >= 11 is 0. The number of piperazine rings is 1. The first-order valence-electron chi connectivity index (χ1n) is 12.1. The number of nitrogens with one attached hydrogen (secondary N) is 2. The standard InChI is InChI=1S/C27H33N5O2/c1-31-11-13-32(14-12-31)27(33)20-8-7-17(15-24(20)34-2)26-19-6-4-3-5-18(19)25-21(16-28)22(29)9-10-23(25)30-26/h7-10,15-16,26,28,30H,3-6,11-14,29H2,1-2H3. The van der Waals surface area contributed by atoms with Gasteiger partial charge in [-0.2, -0.15) is 0 Å². The van der Waals surface area contributed by atoms with Crippen LogP contribution in [0.15, 0.2) is 35.9 Å². The molecule has 1 amide bonds.